The van der Waals surface area contributed by atoms with E-state index >= 15 is 0 Å². The number of fused-ring (bicyclic) bond motifs is 1. The molecule has 0 spiro atoms. The van der Waals surface area contributed by atoms with Gasteiger partial charge in [-0.05, 0) is 37.3 Å². The Balaban J connectivity index is 2.26. The first-order valence-corrected chi connectivity index (χ1v) is 5.60. The molecule has 0 bridgehead atoms. The number of para-hydroxylation sites is 1. The van der Waals surface area contributed by atoms with Gasteiger partial charge in [0.15, 0.2) is 0 Å². The lowest BCUT2D eigenvalue weighted by Gasteiger charge is -2.30. The Labute approximate surface area is 93.3 Å². The van der Waals surface area contributed by atoms with Crippen LogP contribution in [0.1, 0.15) is 18.4 Å². The Kier molecular flexibility index (Phi) is 3.12. The number of hydrogen-bond donors (Lipinski definition) is 0. The summed E-state index contributed by atoms with van der Waals surface area (Å²) >= 11 is 0. The lowest BCUT2D eigenvalue weighted by molar-refractivity contribution is 0.466. The molecule has 0 saturated carbocycles. The minimum absolute atomic E-state index is 0.512. The second-order valence-corrected chi connectivity index (χ2v) is 4.24. The van der Waals surface area contributed by atoms with Gasteiger partial charge in [0.2, 0.25) is 0 Å². The van der Waals surface area contributed by atoms with Gasteiger partial charge < -0.3 is 17.8 Å². The molecular formula is C11H14BF3N-. The van der Waals surface area contributed by atoms with Crippen LogP contribution in [0, 0.1) is 0 Å². The summed E-state index contributed by atoms with van der Waals surface area (Å²) in [5.74, 6) is 0. The summed E-state index contributed by atoms with van der Waals surface area (Å²) in [6.45, 7) is -4.24. The minimum atomic E-state index is -4.75. The Morgan fingerprint density at radius 2 is 1.88 bits per heavy atom. The van der Waals surface area contributed by atoms with E-state index in [9.17, 15) is 12.9 Å². The molecule has 1 aromatic carbocycles. The van der Waals surface area contributed by atoms with Gasteiger partial charge in [0.05, 0.1) is 0 Å². The van der Waals surface area contributed by atoms with E-state index in [4.69, 9.17) is 0 Å². The fourth-order valence-electron chi connectivity index (χ4n) is 2.21. The standard InChI is InChI=1S/C11H14BF3N/c13-12(14,15)9-16-8-4-3-6-10-5-1-2-7-11(10)16/h1-2,5,7H,3-4,6,8-9H2/q-1. The monoisotopic (exact) mass is 228 g/mol. The molecule has 0 amide bonds. The summed E-state index contributed by atoms with van der Waals surface area (Å²) in [4.78, 5) is 1.47. The Hall–Kier alpha value is -1.13. The molecule has 1 nitrogen and oxygen atoms in total. The van der Waals surface area contributed by atoms with Gasteiger partial charge >= 0.3 is 6.98 Å². The predicted molar refractivity (Wildman–Crippen MR) is 60.7 cm³/mol. The van der Waals surface area contributed by atoms with Crippen molar-refractivity contribution in [1.29, 1.82) is 0 Å². The van der Waals surface area contributed by atoms with Gasteiger partial charge in [-0.1, -0.05) is 18.2 Å². The van der Waals surface area contributed by atoms with Crippen LogP contribution in [0.2, 0.25) is 0 Å². The van der Waals surface area contributed by atoms with Gasteiger partial charge in [0.1, 0.15) is 0 Å². The van der Waals surface area contributed by atoms with Crippen molar-refractivity contribution in [3.63, 3.8) is 0 Å². The first-order chi connectivity index (χ1) is 7.56. The average Bonchev–Trinajstić information content (AvgIpc) is 2.39. The van der Waals surface area contributed by atoms with Crippen molar-refractivity contribution in [3.8, 4) is 0 Å². The maximum absolute atomic E-state index is 12.5. The van der Waals surface area contributed by atoms with E-state index in [1.807, 2.05) is 12.1 Å². The van der Waals surface area contributed by atoms with E-state index in [1.165, 1.54) is 4.90 Å². The lowest BCUT2D eigenvalue weighted by atomic mass is 9.90. The predicted octanol–water partition coefficient (Wildman–Crippen LogP) is 3.22. The molecule has 1 aromatic rings. The normalized spacial score (nSPS) is 16.8. The van der Waals surface area contributed by atoms with Crippen molar-refractivity contribution in [2.24, 2.45) is 0 Å². The number of aryl methyl sites for hydroxylation is 1. The van der Waals surface area contributed by atoms with E-state index in [0.717, 1.165) is 30.5 Å². The Bertz CT molecular complexity index is 364. The van der Waals surface area contributed by atoms with Crippen LogP contribution < -0.4 is 4.90 Å². The van der Waals surface area contributed by atoms with Crippen molar-refractivity contribution in [2.45, 2.75) is 19.3 Å². The third kappa shape index (κ3) is 2.71. The Morgan fingerprint density at radius 1 is 1.12 bits per heavy atom. The van der Waals surface area contributed by atoms with Gasteiger partial charge in [0.25, 0.3) is 0 Å². The van der Waals surface area contributed by atoms with Crippen LogP contribution in [0.15, 0.2) is 24.3 Å². The molecule has 88 valence electrons. The fraction of sp³-hybridized carbons (Fsp3) is 0.455. The number of nitrogens with zero attached hydrogens (tertiary/aromatic N) is 1. The number of anilines is 1. The molecule has 0 N–H and O–H groups in total. The zero-order valence-electron chi connectivity index (χ0n) is 9.00. The average molecular weight is 228 g/mol. The highest BCUT2D eigenvalue weighted by atomic mass is 19.4. The maximum Gasteiger partial charge on any atom is 0.497 e. The van der Waals surface area contributed by atoms with Crippen LogP contribution in [0.4, 0.5) is 18.6 Å². The first kappa shape index (κ1) is 11.4. The quantitative estimate of drug-likeness (QED) is 0.702. The molecule has 16 heavy (non-hydrogen) atoms. The van der Waals surface area contributed by atoms with Gasteiger partial charge in [-0.25, -0.2) is 0 Å². The van der Waals surface area contributed by atoms with E-state index in [-0.39, 0.29) is 0 Å². The first-order valence-electron chi connectivity index (χ1n) is 5.60. The second kappa shape index (κ2) is 4.40. The smallest absolute Gasteiger partial charge is 0.448 e. The Morgan fingerprint density at radius 3 is 2.62 bits per heavy atom. The molecule has 1 heterocycles. The molecule has 1 aliphatic heterocycles. The summed E-state index contributed by atoms with van der Waals surface area (Å²) in [6, 6.07) is 7.42. The van der Waals surface area contributed by atoms with E-state index < -0.39 is 13.4 Å². The van der Waals surface area contributed by atoms with Gasteiger partial charge in [-0.15, -0.1) is 0 Å². The molecule has 2 rings (SSSR count). The highest BCUT2D eigenvalue weighted by Gasteiger charge is 2.28. The second-order valence-electron chi connectivity index (χ2n) is 4.24. The molecule has 0 saturated heterocycles. The van der Waals surface area contributed by atoms with Crippen LogP contribution in [0.25, 0.3) is 0 Å². The largest absolute Gasteiger partial charge is 0.497 e. The zero-order chi connectivity index (χ0) is 11.6. The fourth-order valence-corrected chi connectivity index (χ4v) is 2.21. The van der Waals surface area contributed by atoms with E-state index in [0.29, 0.717) is 6.54 Å². The lowest BCUT2D eigenvalue weighted by Crippen LogP contribution is -2.38. The van der Waals surface area contributed by atoms with Gasteiger partial charge in [-0.3, -0.25) is 0 Å². The van der Waals surface area contributed by atoms with E-state index in [1.54, 1.807) is 12.1 Å². The van der Waals surface area contributed by atoms with Crippen molar-refractivity contribution in [2.75, 3.05) is 17.9 Å². The van der Waals surface area contributed by atoms with Gasteiger partial charge in [0, 0.05) is 12.2 Å². The third-order valence-electron chi connectivity index (χ3n) is 2.88. The van der Waals surface area contributed by atoms with Crippen molar-refractivity contribution >= 4 is 12.7 Å². The van der Waals surface area contributed by atoms with E-state index in [2.05, 4.69) is 0 Å². The molecule has 0 aromatic heterocycles. The molecule has 0 unspecified atom stereocenters. The van der Waals surface area contributed by atoms with Crippen molar-refractivity contribution in [1.82, 2.24) is 0 Å². The summed E-state index contributed by atoms with van der Waals surface area (Å²) in [5.41, 5.74) is 1.80. The number of rotatable bonds is 2. The summed E-state index contributed by atoms with van der Waals surface area (Å²) in [5, 5.41) is 0. The van der Waals surface area contributed by atoms with Crippen LogP contribution in [-0.2, 0) is 6.42 Å². The maximum atomic E-state index is 12.5. The third-order valence-corrected chi connectivity index (χ3v) is 2.88. The molecular weight excluding hydrogens is 214 g/mol. The summed E-state index contributed by atoms with van der Waals surface area (Å²) in [7, 11) is 0. The van der Waals surface area contributed by atoms with Crippen molar-refractivity contribution < 1.29 is 12.9 Å². The minimum Gasteiger partial charge on any atom is -0.448 e. The molecule has 0 fully saturated rings. The van der Waals surface area contributed by atoms with Crippen molar-refractivity contribution in [3.05, 3.63) is 29.8 Å². The molecule has 0 atom stereocenters. The topological polar surface area (TPSA) is 3.24 Å². The molecule has 1 aliphatic rings. The van der Waals surface area contributed by atoms with Gasteiger partial charge in [-0.2, -0.15) is 0 Å². The number of benzene rings is 1. The van der Waals surface area contributed by atoms with Crippen LogP contribution in [0.3, 0.4) is 0 Å². The summed E-state index contributed by atoms with van der Waals surface area (Å²) < 4.78 is 37.5. The highest BCUT2D eigenvalue weighted by molar-refractivity contribution is 6.59. The highest BCUT2D eigenvalue weighted by Crippen LogP contribution is 2.27. The molecule has 0 aliphatic carbocycles. The number of hydrogen-bond acceptors (Lipinski definition) is 1. The SMILES string of the molecule is F[B-](F)(F)CN1CCCCc2ccccc21. The van der Waals surface area contributed by atoms with Crippen LogP contribution in [0.5, 0.6) is 0 Å². The molecule has 5 heteroatoms. The zero-order valence-corrected chi connectivity index (χ0v) is 9.00. The van der Waals surface area contributed by atoms with Crippen LogP contribution in [-0.4, -0.2) is 20.0 Å². The number of halogens is 3. The van der Waals surface area contributed by atoms with Crippen LogP contribution >= 0.6 is 0 Å². The molecule has 0 radical (unpaired) electrons. The summed E-state index contributed by atoms with van der Waals surface area (Å²) in [6.07, 6.45) is 1.91.